The molecule has 5 nitrogen and oxygen atoms in total. The van der Waals surface area contributed by atoms with E-state index in [1.165, 1.54) is 12.1 Å². The summed E-state index contributed by atoms with van der Waals surface area (Å²) in [6, 6.07) is 15.9. The summed E-state index contributed by atoms with van der Waals surface area (Å²) in [5.74, 6) is 0.937. The van der Waals surface area contributed by atoms with Gasteiger partial charge in [0.2, 0.25) is 15.9 Å². The number of rotatable bonds is 6. The van der Waals surface area contributed by atoms with Gasteiger partial charge in [-0.25, -0.2) is 18.5 Å². The number of para-hydroxylation sites is 1. The van der Waals surface area contributed by atoms with E-state index in [1.807, 2.05) is 48.9 Å². The zero-order valence-corrected chi connectivity index (χ0v) is 17.8. The summed E-state index contributed by atoms with van der Waals surface area (Å²) in [5.41, 5.74) is 0.989. The number of anilines is 1. The summed E-state index contributed by atoms with van der Waals surface area (Å²) >= 11 is 5.78. The number of nitrogens with one attached hydrogen (secondary N) is 2. The largest absolute Gasteiger partial charge is 1.00 e. The number of amidine groups is 1. The highest BCUT2D eigenvalue weighted by Gasteiger charge is 2.14. The number of sulfonamides is 1. The van der Waals surface area contributed by atoms with Crippen LogP contribution in [0.25, 0.3) is 0 Å². The predicted octanol–water partition coefficient (Wildman–Crippen LogP) is -0.205. The van der Waals surface area contributed by atoms with Gasteiger partial charge in [-0.15, -0.1) is 0 Å². The van der Waals surface area contributed by atoms with E-state index in [1.54, 1.807) is 12.1 Å². The number of hydrogen-bond donors (Lipinski definition) is 2. The summed E-state index contributed by atoms with van der Waals surface area (Å²) in [4.78, 5) is 0.206. The normalized spacial score (nSPS) is 12.1. The lowest BCUT2D eigenvalue weighted by Crippen LogP contribution is -3.00. The topological polar surface area (TPSA) is 61.2 Å². The van der Waals surface area contributed by atoms with Gasteiger partial charge in [0.25, 0.3) is 0 Å². The zero-order chi connectivity index (χ0) is 17.6. The van der Waals surface area contributed by atoms with Crippen molar-refractivity contribution in [2.45, 2.75) is 11.8 Å². The average Bonchev–Trinajstić information content (AvgIpc) is 2.56. The molecule has 0 amide bonds. The van der Waals surface area contributed by atoms with Crippen molar-refractivity contribution in [1.29, 1.82) is 0 Å². The Kier molecular flexibility index (Phi) is 8.84. The molecule has 0 fully saturated rings. The molecule has 0 spiro atoms. The van der Waals surface area contributed by atoms with Crippen molar-refractivity contribution >= 4 is 33.1 Å². The maximum atomic E-state index is 12.2. The van der Waals surface area contributed by atoms with Gasteiger partial charge in [0.05, 0.1) is 18.5 Å². The summed E-state index contributed by atoms with van der Waals surface area (Å²) in [6.45, 7) is 2.79. The fourth-order valence-corrected chi connectivity index (χ4v) is 3.19. The van der Waals surface area contributed by atoms with Gasteiger partial charge in [-0.2, -0.15) is 0 Å². The number of halogens is 2. The Hall–Kier alpha value is -1.16. The molecule has 2 rings (SSSR count). The molecule has 2 aromatic rings. The number of benzene rings is 2. The molecule has 0 saturated heterocycles. The highest BCUT2D eigenvalue weighted by Crippen LogP contribution is 2.13. The van der Waals surface area contributed by atoms with Gasteiger partial charge in [0.15, 0.2) is 0 Å². The molecule has 2 aromatic carbocycles. The van der Waals surface area contributed by atoms with Crippen LogP contribution in [0.5, 0.6) is 0 Å². The maximum absolute atomic E-state index is 12.2. The molecule has 0 heterocycles. The molecule has 0 unspecified atom stereocenters. The summed E-state index contributed by atoms with van der Waals surface area (Å²) in [6.07, 6.45) is 0. The maximum Gasteiger partial charge on any atom is 0.246 e. The zero-order valence-electron chi connectivity index (χ0n) is 14.0. The lowest BCUT2D eigenvalue weighted by atomic mass is 10.3. The van der Waals surface area contributed by atoms with Crippen molar-refractivity contribution in [3.63, 3.8) is 0 Å². The Morgan fingerprint density at radius 2 is 1.68 bits per heavy atom. The SMILES string of the molecule is CC(Nc1ccccc1)=[N+](C)CCNS(=O)(=O)c1ccc(Cl)cc1.[I-]. The van der Waals surface area contributed by atoms with Crippen LogP contribution >= 0.6 is 11.6 Å². The third-order valence-corrected chi connectivity index (χ3v) is 5.26. The van der Waals surface area contributed by atoms with Crippen LogP contribution in [0, 0.1) is 0 Å². The Morgan fingerprint density at radius 1 is 1.08 bits per heavy atom. The minimum absolute atomic E-state index is 0. The van der Waals surface area contributed by atoms with Crippen LogP contribution in [-0.4, -0.2) is 39.0 Å². The van der Waals surface area contributed by atoms with E-state index in [0.29, 0.717) is 18.1 Å². The van der Waals surface area contributed by atoms with E-state index in [0.717, 1.165) is 11.5 Å². The van der Waals surface area contributed by atoms with Crippen LogP contribution in [0.2, 0.25) is 5.02 Å². The van der Waals surface area contributed by atoms with Gasteiger partial charge in [-0.1, -0.05) is 29.8 Å². The molecule has 25 heavy (non-hydrogen) atoms. The lowest BCUT2D eigenvalue weighted by molar-refractivity contribution is -0.495. The van der Waals surface area contributed by atoms with Gasteiger partial charge in [-0.05, 0) is 36.4 Å². The van der Waals surface area contributed by atoms with Crippen LogP contribution in [0.15, 0.2) is 59.5 Å². The second-order valence-electron chi connectivity index (χ2n) is 5.35. The molecule has 0 aliphatic rings. The van der Waals surface area contributed by atoms with E-state index in [-0.39, 0.29) is 28.9 Å². The smallest absolute Gasteiger partial charge is 0.246 e. The van der Waals surface area contributed by atoms with Gasteiger partial charge < -0.3 is 24.0 Å². The number of likely N-dealkylation sites (N-methyl/N-ethyl adjacent to an activating group) is 1. The molecular formula is C17H21ClIN3O2S. The highest BCUT2D eigenvalue weighted by molar-refractivity contribution is 7.89. The van der Waals surface area contributed by atoms with Crippen molar-refractivity contribution in [2.24, 2.45) is 0 Å². The highest BCUT2D eigenvalue weighted by atomic mass is 127. The average molecular weight is 494 g/mol. The molecule has 0 saturated carbocycles. The summed E-state index contributed by atoms with van der Waals surface area (Å²) < 4.78 is 28.9. The second kappa shape index (κ2) is 10.1. The Bertz CT molecular complexity index is 810. The van der Waals surface area contributed by atoms with Crippen LogP contribution in [0.3, 0.4) is 0 Å². The third-order valence-electron chi connectivity index (χ3n) is 3.53. The summed E-state index contributed by atoms with van der Waals surface area (Å²) in [7, 11) is -1.62. The minimum atomic E-state index is -3.52. The van der Waals surface area contributed by atoms with Crippen molar-refractivity contribution in [2.75, 3.05) is 25.5 Å². The molecule has 8 heteroatoms. The fourth-order valence-electron chi connectivity index (χ4n) is 2.04. The van der Waals surface area contributed by atoms with Gasteiger partial charge in [0.1, 0.15) is 5.69 Å². The molecular weight excluding hydrogens is 473 g/mol. The summed E-state index contributed by atoms with van der Waals surface area (Å²) in [5, 5.41) is 3.78. The van der Waals surface area contributed by atoms with Crippen LogP contribution in [0.1, 0.15) is 6.92 Å². The van der Waals surface area contributed by atoms with E-state index >= 15 is 0 Å². The number of hydrogen-bond acceptors (Lipinski definition) is 2. The molecule has 0 bridgehead atoms. The molecule has 0 atom stereocenters. The van der Waals surface area contributed by atoms with E-state index in [2.05, 4.69) is 10.0 Å². The minimum Gasteiger partial charge on any atom is -1.00 e. The quantitative estimate of drug-likeness (QED) is 0.254. The van der Waals surface area contributed by atoms with Crippen molar-refractivity contribution in [3.8, 4) is 0 Å². The molecule has 0 aliphatic carbocycles. The first-order chi connectivity index (χ1) is 11.4. The molecule has 0 aromatic heterocycles. The van der Waals surface area contributed by atoms with E-state index in [9.17, 15) is 8.42 Å². The van der Waals surface area contributed by atoms with Crippen molar-refractivity contribution < 1.29 is 37.0 Å². The molecule has 136 valence electrons. The van der Waals surface area contributed by atoms with Gasteiger partial charge >= 0.3 is 0 Å². The van der Waals surface area contributed by atoms with Gasteiger partial charge in [-0.3, -0.25) is 4.58 Å². The Labute approximate surface area is 171 Å². The monoisotopic (exact) mass is 493 g/mol. The first-order valence-corrected chi connectivity index (χ1v) is 9.36. The van der Waals surface area contributed by atoms with E-state index in [4.69, 9.17) is 11.6 Å². The molecule has 2 N–H and O–H groups in total. The lowest BCUT2D eigenvalue weighted by Gasteiger charge is -2.08. The fraction of sp³-hybridized carbons (Fsp3) is 0.235. The number of nitrogens with zero attached hydrogens (tertiary/aromatic N) is 1. The first kappa shape index (κ1) is 21.9. The first-order valence-electron chi connectivity index (χ1n) is 7.50. The van der Waals surface area contributed by atoms with Crippen LogP contribution < -0.4 is 34.0 Å². The van der Waals surface area contributed by atoms with Crippen molar-refractivity contribution in [1.82, 2.24) is 4.72 Å². The molecule has 0 radical (unpaired) electrons. The van der Waals surface area contributed by atoms with Crippen LogP contribution in [-0.2, 0) is 10.0 Å². The molecule has 0 aliphatic heterocycles. The predicted molar refractivity (Wildman–Crippen MR) is 98.4 cm³/mol. The Balaban J connectivity index is 0.00000312. The van der Waals surface area contributed by atoms with Crippen LogP contribution in [0.4, 0.5) is 5.69 Å². The second-order valence-corrected chi connectivity index (χ2v) is 7.55. The van der Waals surface area contributed by atoms with E-state index < -0.39 is 10.0 Å². The third kappa shape index (κ3) is 6.93. The van der Waals surface area contributed by atoms with Crippen molar-refractivity contribution in [3.05, 3.63) is 59.6 Å². The standard InChI is InChI=1S/C17H20ClN3O2S.HI/c1-14(20-16-6-4-3-5-7-16)21(2)13-12-19-24(22,23)17-10-8-15(18)9-11-17;/h3-11,19H,12-13H2,1-2H3;1H. The Morgan fingerprint density at radius 3 is 2.28 bits per heavy atom. The van der Waals surface area contributed by atoms with Gasteiger partial charge in [0, 0.05) is 18.5 Å².